The molecule has 0 saturated heterocycles. The Labute approximate surface area is 334 Å². The Balaban J connectivity index is 1.14. The summed E-state index contributed by atoms with van der Waals surface area (Å²) in [5.74, 6) is 0. The predicted octanol–water partition coefficient (Wildman–Crippen LogP) is 14.3. The van der Waals surface area contributed by atoms with E-state index in [0.717, 1.165) is 24.2 Å². The van der Waals surface area contributed by atoms with E-state index in [1.54, 1.807) is 0 Å². The van der Waals surface area contributed by atoms with Crippen molar-refractivity contribution in [3.8, 4) is 17.1 Å². The number of rotatable bonds is 4. The number of hydrogen-bond donors (Lipinski definition) is 0. The first-order valence-electron chi connectivity index (χ1n) is 20.3. The summed E-state index contributed by atoms with van der Waals surface area (Å²) in [5, 5.41) is 10.1. The maximum absolute atomic E-state index is 2.53. The second kappa shape index (κ2) is 12.0. The van der Waals surface area contributed by atoms with Crippen LogP contribution >= 0.6 is 0 Å². The zero-order valence-corrected chi connectivity index (χ0v) is 31.7. The molecule has 0 fully saturated rings. The Morgan fingerprint density at radius 2 is 0.707 bits per heavy atom. The van der Waals surface area contributed by atoms with Crippen LogP contribution in [-0.2, 0) is 0 Å². The molecule has 0 spiro atoms. The van der Waals surface area contributed by atoms with Crippen LogP contribution in [0.15, 0.2) is 194 Å². The van der Waals surface area contributed by atoms with Crippen molar-refractivity contribution in [2.75, 3.05) is 0 Å². The number of aromatic nitrogens is 4. The molecule has 0 unspecified atom stereocenters. The third kappa shape index (κ3) is 4.34. The van der Waals surface area contributed by atoms with E-state index in [1.165, 1.54) is 98.6 Å². The summed E-state index contributed by atoms with van der Waals surface area (Å²) in [6.07, 6.45) is 8.83. The van der Waals surface area contributed by atoms with Crippen molar-refractivity contribution in [3.63, 3.8) is 0 Å². The molecule has 1 aliphatic carbocycles. The van der Waals surface area contributed by atoms with Crippen LogP contribution in [0.2, 0.25) is 0 Å². The summed E-state index contributed by atoms with van der Waals surface area (Å²) in [4.78, 5) is 0. The van der Waals surface area contributed by atoms with Gasteiger partial charge >= 0.3 is 0 Å². The lowest BCUT2D eigenvalue weighted by molar-refractivity contribution is 0.979. The minimum atomic E-state index is 0.995. The average molecular weight is 741 g/mol. The molecule has 0 radical (unpaired) electrons. The fourth-order valence-electron chi connectivity index (χ4n) is 10.1. The zero-order valence-electron chi connectivity index (χ0n) is 31.7. The van der Waals surface area contributed by atoms with E-state index in [4.69, 9.17) is 0 Å². The maximum atomic E-state index is 2.53. The Morgan fingerprint density at radius 1 is 0.293 bits per heavy atom. The van der Waals surface area contributed by atoms with Gasteiger partial charge in [-0.05, 0) is 104 Å². The van der Waals surface area contributed by atoms with Gasteiger partial charge in [-0.2, -0.15) is 0 Å². The maximum Gasteiger partial charge on any atom is 0.0562 e. The quantitative estimate of drug-likeness (QED) is 0.171. The molecule has 0 bridgehead atoms. The second-order valence-corrected chi connectivity index (χ2v) is 15.7. The third-order valence-electron chi connectivity index (χ3n) is 12.6. The molecule has 0 aliphatic heterocycles. The SMILES string of the molecule is C1=CCCC(n2c3ccc(-n4c5ccccc5c5cc6c7ccccc7n(-c7ccccc7)c6cc54)cc3c3cc4c5ccccc5n(-c5ccccc5)c4cc32)=C1. The van der Waals surface area contributed by atoms with Crippen LogP contribution in [0.25, 0.3) is 110 Å². The summed E-state index contributed by atoms with van der Waals surface area (Å²) >= 11 is 0. The number of nitrogens with zero attached hydrogens (tertiary/aromatic N) is 4. The van der Waals surface area contributed by atoms with E-state index in [0.29, 0.717) is 0 Å². The molecule has 0 atom stereocenters. The normalized spacial score (nSPS) is 13.4. The molecule has 8 aromatic carbocycles. The van der Waals surface area contributed by atoms with E-state index in [2.05, 4.69) is 212 Å². The minimum absolute atomic E-state index is 0.995. The van der Waals surface area contributed by atoms with Gasteiger partial charge in [0.05, 0.1) is 44.1 Å². The Morgan fingerprint density at radius 3 is 1.21 bits per heavy atom. The average Bonchev–Trinajstić information content (AvgIpc) is 4.00. The minimum Gasteiger partial charge on any atom is -0.313 e. The molecule has 13 rings (SSSR count). The van der Waals surface area contributed by atoms with Gasteiger partial charge in [0.25, 0.3) is 0 Å². The second-order valence-electron chi connectivity index (χ2n) is 15.7. The largest absolute Gasteiger partial charge is 0.313 e. The first-order chi connectivity index (χ1) is 28.8. The molecule has 4 heterocycles. The summed E-state index contributed by atoms with van der Waals surface area (Å²) in [6, 6.07) is 65.0. The van der Waals surface area contributed by atoms with Gasteiger partial charge in [-0.3, -0.25) is 0 Å². The number of fused-ring (bicyclic) bond motifs is 12. The molecule has 58 heavy (non-hydrogen) atoms. The van der Waals surface area contributed by atoms with Gasteiger partial charge in [-0.1, -0.05) is 103 Å². The Hall–Kier alpha value is -7.56. The zero-order chi connectivity index (χ0) is 37.9. The lowest BCUT2D eigenvalue weighted by Gasteiger charge is -2.15. The fourth-order valence-corrected chi connectivity index (χ4v) is 10.1. The summed E-state index contributed by atoms with van der Waals surface area (Å²) in [7, 11) is 0. The standard InChI is InChI=1S/C54H36N4/c1-4-16-35(17-5-1)55-47-25-13-10-22-39(47)43-31-44-41-24-12-15-27-49(41)58(53(44)33-51(43)55)38-28-29-50-42(30-38)46-32-45-40-23-11-14-26-48(40)56(36-18-6-2-7-19-36)52(45)34-54(46)57(50)37-20-8-3-9-21-37/h1-8,10-20,22-34H,9,21H2. The van der Waals surface area contributed by atoms with Gasteiger partial charge in [0.2, 0.25) is 0 Å². The van der Waals surface area contributed by atoms with Crippen LogP contribution in [0, 0.1) is 0 Å². The smallest absolute Gasteiger partial charge is 0.0562 e. The highest BCUT2D eigenvalue weighted by Gasteiger charge is 2.22. The fraction of sp³-hybridized carbons (Fsp3) is 0.0370. The molecule has 0 saturated carbocycles. The summed E-state index contributed by atoms with van der Waals surface area (Å²) in [6.45, 7) is 0. The third-order valence-corrected chi connectivity index (χ3v) is 12.6. The molecule has 4 nitrogen and oxygen atoms in total. The van der Waals surface area contributed by atoms with Crippen molar-refractivity contribution >= 4 is 92.9 Å². The molecule has 4 heteroatoms. The van der Waals surface area contributed by atoms with Crippen LogP contribution in [0.1, 0.15) is 12.8 Å². The lowest BCUT2D eigenvalue weighted by Crippen LogP contribution is -2.00. The summed E-state index contributed by atoms with van der Waals surface area (Å²) < 4.78 is 9.87. The van der Waals surface area contributed by atoms with Crippen molar-refractivity contribution in [2.24, 2.45) is 0 Å². The van der Waals surface area contributed by atoms with Crippen molar-refractivity contribution in [3.05, 3.63) is 194 Å². The van der Waals surface area contributed by atoms with E-state index >= 15 is 0 Å². The van der Waals surface area contributed by atoms with Crippen LogP contribution in [0.3, 0.4) is 0 Å². The van der Waals surface area contributed by atoms with E-state index in [-0.39, 0.29) is 0 Å². The van der Waals surface area contributed by atoms with Gasteiger partial charge in [0, 0.05) is 65.8 Å². The number of allylic oxidation sites excluding steroid dienone is 4. The van der Waals surface area contributed by atoms with Gasteiger partial charge in [0.15, 0.2) is 0 Å². The van der Waals surface area contributed by atoms with Gasteiger partial charge < -0.3 is 18.3 Å². The molecule has 4 aromatic heterocycles. The van der Waals surface area contributed by atoms with Crippen LogP contribution in [-0.4, -0.2) is 18.3 Å². The van der Waals surface area contributed by atoms with E-state index in [9.17, 15) is 0 Å². The van der Waals surface area contributed by atoms with Crippen molar-refractivity contribution < 1.29 is 0 Å². The first-order valence-corrected chi connectivity index (χ1v) is 20.3. The van der Waals surface area contributed by atoms with Crippen LogP contribution in [0.4, 0.5) is 0 Å². The lowest BCUT2D eigenvalue weighted by atomic mass is 10.1. The predicted molar refractivity (Wildman–Crippen MR) is 245 cm³/mol. The van der Waals surface area contributed by atoms with Crippen molar-refractivity contribution in [1.29, 1.82) is 0 Å². The molecule has 0 amide bonds. The monoisotopic (exact) mass is 740 g/mol. The highest BCUT2D eigenvalue weighted by atomic mass is 15.0. The highest BCUT2D eigenvalue weighted by Crippen LogP contribution is 2.43. The Kier molecular flexibility index (Phi) is 6.53. The number of benzene rings is 8. The Bertz CT molecular complexity index is 3720. The first kappa shape index (κ1) is 31.6. The van der Waals surface area contributed by atoms with Crippen molar-refractivity contribution in [2.45, 2.75) is 12.8 Å². The highest BCUT2D eigenvalue weighted by molar-refractivity contribution is 6.21. The van der Waals surface area contributed by atoms with E-state index < -0.39 is 0 Å². The molecule has 12 aromatic rings. The molecule has 0 N–H and O–H groups in total. The number of para-hydroxylation sites is 5. The van der Waals surface area contributed by atoms with Gasteiger partial charge in [-0.25, -0.2) is 0 Å². The molecular formula is C54H36N4. The summed E-state index contributed by atoms with van der Waals surface area (Å²) in [5.41, 5.74) is 14.5. The van der Waals surface area contributed by atoms with Gasteiger partial charge in [-0.15, -0.1) is 0 Å². The molecule has 1 aliphatic rings. The number of hydrogen-bond acceptors (Lipinski definition) is 0. The van der Waals surface area contributed by atoms with Crippen molar-refractivity contribution in [1.82, 2.24) is 18.3 Å². The van der Waals surface area contributed by atoms with E-state index in [1.807, 2.05) is 0 Å². The molecular weight excluding hydrogens is 705 g/mol. The van der Waals surface area contributed by atoms with Gasteiger partial charge in [0.1, 0.15) is 0 Å². The molecule has 272 valence electrons. The van der Waals surface area contributed by atoms with Crippen LogP contribution < -0.4 is 0 Å². The topological polar surface area (TPSA) is 19.7 Å². The van der Waals surface area contributed by atoms with Crippen LogP contribution in [0.5, 0.6) is 0 Å².